The molecule has 208 valence electrons. The fraction of sp³-hybridized carbons (Fsp3) is 0.0732. The lowest BCUT2D eigenvalue weighted by molar-refractivity contribution is 0.660. The maximum absolute atomic E-state index is 5.48. The first kappa shape index (κ1) is 25.0. The van der Waals surface area contributed by atoms with Crippen molar-refractivity contribution in [2.45, 2.75) is 19.3 Å². The number of hydrogen-bond donors (Lipinski definition) is 0. The van der Waals surface area contributed by atoms with Crippen LogP contribution in [-0.2, 0) is 5.41 Å². The predicted octanol–water partition coefficient (Wildman–Crippen LogP) is 10.3. The Hall–Kier alpha value is -5.54. The SMILES string of the molecule is CC1(C)c2ccccc2-c2ccc(-c3c(-c4cccc5ccccc45)nn4c(-c5ccccn5)cc5ccccc5c34)cc21. The summed E-state index contributed by atoms with van der Waals surface area (Å²) in [6.07, 6.45) is 1.85. The molecule has 9 rings (SSSR count). The zero-order chi connectivity index (χ0) is 29.4. The highest BCUT2D eigenvalue weighted by atomic mass is 15.2. The first-order valence-electron chi connectivity index (χ1n) is 15.2. The molecule has 0 amide bonds. The molecular weight excluding hydrogens is 534 g/mol. The number of nitrogens with zero attached hydrogens (tertiary/aromatic N) is 3. The van der Waals surface area contributed by atoms with Crippen LogP contribution in [0.25, 0.3) is 72.0 Å². The second-order valence-electron chi connectivity index (χ2n) is 12.3. The minimum atomic E-state index is -0.105. The van der Waals surface area contributed by atoms with Gasteiger partial charge in [-0.05, 0) is 68.2 Å². The van der Waals surface area contributed by atoms with Crippen molar-refractivity contribution in [2.75, 3.05) is 0 Å². The molecule has 1 aliphatic rings. The van der Waals surface area contributed by atoms with Crippen LogP contribution in [0.4, 0.5) is 0 Å². The summed E-state index contributed by atoms with van der Waals surface area (Å²) in [6, 6.07) is 47.9. The minimum Gasteiger partial charge on any atom is -0.255 e. The average molecular weight is 564 g/mol. The largest absolute Gasteiger partial charge is 0.255 e. The van der Waals surface area contributed by atoms with E-state index in [0.29, 0.717) is 0 Å². The number of fused-ring (bicyclic) bond motifs is 7. The quantitative estimate of drug-likeness (QED) is 0.214. The van der Waals surface area contributed by atoms with Crippen molar-refractivity contribution in [3.8, 4) is 44.9 Å². The molecule has 0 spiro atoms. The lowest BCUT2D eigenvalue weighted by atomic mass is 9.81. The number of aromatic nitrogens is 3. The van der Waals surface area contributed by atoms with Crippen LogP contribution >= 0.6 is 0 Å². The standard InChI is InChI=1S/C41H29N3/c1-41(2)34-19-8-7-17-31(34)32-22-21-28(24-35(32)41)38-39(33-18-11-14-26-12-3-5-15-29(26)33)43-44-37(36-20-9-10-23-42-36)25-27-13-4-6-16-30(27)40(38)44/h3-25H,1-2H3. The normalized spacial score (nSPS) is 13.4. The second kappa shape index (κ2) is 9.23. The Morgan fingerprint density at radius 3 is 2.14 bits per heavy atom. The van der Waals surface area contributed by atoms with Crippen LogP contribution in [0.1, 0.15) is 25.0 Å². The Kier molecular flexibility index (Phi) is 5.24. The van der Waals surface area contributed by atoms with E-state index in [4.69, 9.17) is 10.1 Å². The van der Waals surface area contributed by atoms with Gasteiger partial charge in [0.15, 0.2) is 0 Å². The molecule has 0 unspecified atom stereocenters. The zero-order valence-corrected chi connectivity index (χ0v) is 24.6. The molecule has 3 heterocycles. The Morgan fingerprint density at radius 1 is 0.568 bits per heavy atom. The molecule has 3 heteroatoms. The Bertz CT molecular complexity index is 2410. The van der Waals surface area contributed by atoms with Gasteiger partial charge in [-0.1, -0.05) is 123 Å². The van der Waals surface area contributed by atoms with E-state index < -0.39 is 0 Å². The number of pyridine rings is 2. The highest BCUT2D eigenvalue weighted by Gasteiger charge is 2.36. The van der Waals surface area contributed by atoms with Crippen LogP contribution in [0.15, 0.2) is 140 Å². The molecule has 0 radical (unpaired) electrons. The zero-order valence-electron chi connectivity index (χ0n) is 24.6. The summed E-state index contributed by atoms with van der Waals surface area (Å²) in [5.41, 5.74) is 12.7. The molecule has 1 aliphatic carbocycles. The molecule has 3 aromatic heterocycles. The van der Waals surface area contributed by atoms with E-state index in [1.807, 2.05) is 18.3 Å². The summed E-state index contributed by atoms with van der Waals surface area (Å²) in [4.78, 5) is 4.77. The summed E-state index contributed by atoms with van der Waals surface area (Å²) in [5, 5.41) is 10.2. The van der Waals surface area contributed by atoms with Crippen molar-refractivity contribution in [1.29, 1.82) is 0 Å². The van der Waals surface area contributed by atoms with Crippen molar-refractivity contribution in [3.05, 3.63) is 151 Å². The third-order valence-corrected chi connectivity index (χ3v) is 9.47. The monoisotopic (exact) mass is 563 g/mol. The number of hydrogen-bond acceptors (Lipinski definition) is 2. The summed E-state index contributed by atoms with van der Waals surface area (Å²) >= 11 is 0. The van der Waals surface area contributed by atoms with Gasteiger partial charge in [0.2, 0.25) is 0 Å². The van der Waals surface area contributed by atoms with Gasteiger partial charge in [-0.15, -0.1) is 0 Å². The van der Waals surface area contributed by atoms with Gasteiger partial charge in [-0.3, -0.25) is 4.98 Å². The predicted molar refractivity (Wildman–Crippen MR) is 182 cm³/mol. The maximum Gasteiger partial charge on any atom is 0.102 e. The molecule has 0 aliphatic heterocycles. The summed E-state index contributed by atoms with van der Waals surface area (Å²) in [5.74, 6) is 0. The second-order valence-corrected chi connectivity index (χ2v) is 12.3. The van der Waals surface area contributed by atoms with E-state index >= 15 is 0 Å². The van der Waals surface area contributed by atoms with E-state index in [0.717, 1.165) is 33.7 Å². The summed E-state index contributed by atoms with van der Waals surface area (Å²) in [7, 11) is 0. The molecule has 8 aromatic rings. The van der Waals surface area contributed by atoms with Crippen LogP contribution < -0.4 is 0 Å². The third kappa shape index (κ3) is 3.50. The van der Waals surface area contributed by atoms with E-state index in [1.165, 1.54) is 49.4 Å². The number of rotatable bonds is 3. The Labute approximate surface area is 256 Å². The van der Waals surface area contributed by atoms with Gasteiger partial charge >= 0.3 is 0 Å². The van der Waals surface area contributed by atoms with Crippen LogP contribution in [0.3, 0.4) is 0 Å². The lowest BCUT2D eigenvalue weighted by Crippen LogP contribution is -2.14. The molecule has 0 saturated heterocycles. The molecule has 0 fully saturated rings. The molecule has 0 bridgehead atoms. The van der Waals surface area contributed by atoms with Gasteiger partial charge in [0.1, 0.15) is 5.69 Å². The van der Waals surface area contributed by atoms with Gasteiger partial charge in [-0.25, -0.2) is 4.52 Å². The Morgan fingerprint density at radius 2 is 1.27 bits per heavy atom. The smallest absolute Gasteiger partial charge is 0.102 e. The minimum absolute atomic E-state index is 0.105. The molecule has 0 saturated carbocycles. The van der Waals surface area contributed by atoms with E-state index in [-0.39, 0.29) is 5.41 Å². The van der Waals surface area contributed by atoms with Crippen LogP contribution in [0, 0.1) is 0 Å². The fourth-order valence-electron chi connectivity index (χ4n) is 7.34. The van der Waals surface area contributed by atoms with Crippen LogP contribution in [0.5, 0.6) is 0 Å². The highest BCUT2D eigenvalue weighted by molar-refractivity contribution is 6.11. The van der Waals surface area contributed by atoms with Gasteiger partial charge in [0.05, 0.1) is 16.9 Å². The Balaban J connectivity index is 1.44. The van der Waals surface area contributed by atoms with E-state index in [2.05, 4.69) is 140 Å². The van der Waals surface area contributed by atoms with Crippen molar-refractivity contribution in [1.82, 2.24) is 14.6 Å². The summed E-state index contributed by atoms with van der Waals surface area (Å²) < 4.78 is 2.13. The molecule has 44 heavy (non-hydrogen) atoms. The van der Waals surface area contributed by atoms with Gasteiger partial charge < -0.3 is 0 Å². The lowest BCUT2D eigenvalue weighted by Gasteiger charge is -2.22. The van der Waals surface area contributed by atoms with Crippen molar-refractivity contribution >= 4 is 27.1 Å². The average Bonchev–Trinajstić information content (AvgIpc) is 3.58. The van der Waals surface area contributed by atoms with Gasteiger partial charge in [-0.2, -0.15) is 5.10 Å². The van der Waals surface area contributed by atoms with Crippen molar-refractivity contribution in [3.63, 3.8) is 0 Å². The van der Waals surface area contributed by atoms with Crippen molar-refractivity contribution < 1.29 is 0 Å². The third-order valence-electron chi connectivity index (χ3n) is 9.47. The molecule has 3 nitrogen and oxygen atoms in total. The first-order valence-corrected chi connectivity index (χ1v) is 15.2. The van der Waals surface area contributed by atoms with Gasteiger partial charge in [0, 0.05) is 28.1 Å². The molecule has 5 aromatic carbocycles. The van der Waals surface area contributed by atoms with Crippen LogP contribution in [-0.4, -0.2) is 14.6 Å². The maximum atomic E-state index is 5.48. The van der Waals surface area contributed by atoms with E-state index in [9.17, 15) is 0 Å². The topological polar surface area (TPSA) is 30.2 Å². The molecular formula is C41H29N3. The molecule has 0 N–H and O–H groups in total. The highest BCUT2D eigenvalue weighted by Crippen LogP contribution is 2.51. The van der Waals surface area contributed by atoms with Crippen LogP contribution in [0.2, 0.25) is 0 Å². The van der Waals surface area contributed by atoms with Gasteiger partial charge in [0.25, 0.3) is 0 Å². The fourth-order valence-corrected chi connectivity index (χ4v) is 7.34. The summed E-state index contributed by atoms with van der Waals surface area (Å²) in [6.45, 7) is 4.69. The van der Waals surface area contributed by atoms with E-state index in [1.54, 1.807) is 0 Å². The number of benzene rings is 5. The first-order chi connectivity index (χ1) is 21.6. The molecule has 0 atom stereocenters. The van der Waals surface area contributed by atoms with Crippen molar-refractivity contribution in [2.24, 2.45) is 0 Å².